The van der Waals surface area contributed by atoms with E-state index in [2.05, 4.69) is 15.9 Å². The van der Waals surface area contributed by atoms with Gasteiger partial charge in [-0.1, -0.05) is 6.07 Å². The lowest BCUT2D eigenvalue weighted by Crippen LogP contribution is -2.25. The summed E-state index contributed by atoms with van der Waals surface area (Å²) in [5, 5.41) is 0. The summed E-state index contributed by atoms with van der Waals surface area (Å²) in [5.74, 6) is 0. The molecule has 0 amide bonds. The first kappa shape index (κ1) is 10.5. The van der Waals surface area contributed by atoms with Crippen molar-refractivity contribution in [2.75, 3.05) is 7.11 Å². The molecule has 0 aliphatic carbocycles. The number of aromatic nitrogens is 1. The largest absolute Gasteiger partial charge is 0.380 e. The van der Waals surface area contributed by atoms with Crippen LogP contribution in [-0.4, -0.2) is 17.8 Å². The molecule has 1 rings (SSSR count). The molecule has 0 aliphatic heterocycles. The maximum atomic E-state index is 11.4. The zero-order valence-corrected chi connectivity index (χ0v) is 9.24. The fourth-order valence-corrected chi connectivity index (χ4v) is 1.48. The van der Waals surface area contributed by atoms with E-state index < -0.39 is 0 Å². The lowest BCUT2D eigenvalue weighted by molar-refractivity contribution is 0.102. The summed E-state index contributed by atoms with van der Waals surface area (Å²) in [6.45, 7) is 2.49. The molecule has 1 heterocycles. The van der Waals surface area contributed by atoms with Gasteiger partial charge in [-0.05, 0) is 28.9 Å². The summed E-state index contributed by atoms with van der Waals surface area (Å²) in [5.41, 5.74) is -0.0155. The quantitative estimate of drug-likeness (QED) is 0.759. The third kappa shape index (κ3) is 2.67. The number of ether oxygens (including phenoxy) is 1. The highest BCUT2D eigenvalue weighted by molar-refractivity contribution is 9.10. The average molecular weight is 246 g/mol. The molecule has 0 saturated heterocycles. The number of pyridine rings is 1. The van der Waals surface area contributed by atoms with Crippen LogP contribution in [0.3, 0.4) is 0 Å². The highest BCUT2D eigenvalue weighted by atomic mass is 79.9. The van der Waals surface area contributed by atoms with Crippen molar-refractivity contribution in [2.45, 2.75) is 19.6 Å². The summed E-state index contributed by atoms with van der Waals surface area (Å²) in [4.78, 5) is 11.4. The van der Waals surface area contributed by atoms with Crippen LogP contribution in [0.5, 0.6) is 0 Å². The first-order chi connectivity index (χ1) is 6.15. The summed E-state index contributed by atoms with van der Waals surface area (Å²) in [7, 11) is 1.63. The molecule has 1 aromatic heterocycles. The van der Waals surface area contributed by atoms with Crippen LogP contribution in [-0.2, 0) is 11.3 Å². The average Bonchev–Trinajstić information content (AvgIpc) is 2.11. The Kier molecular flexibility index (Phi) is 3.69. The maximum Gasteiger partial charge on any atom is 0.251 e. The Morgan fingerprint density at radius 2 is 2.31 bits per heavy atom. The molecule has 0 saturated carbocycles. The third-order valence-electron chi connectivity index (χ3n) is 1.84. The van der Waals surface area contributed by atoms with E-state index in [-0.39, 0.29) is 11.7 Å². The Balaban J connectivity index is 2.93. The Bertz CT molecular complexity index is 335. The van der Waals surface area contributed by atoms with Gasteiger partial charge in [0.25, 0.3) is 5.56 Å². The topological polar surface area (TPSA) is 31.2 Å². The second-order valence-electron chi connectivity index (χ2n) is 2.84. The number of nitrogens with zero attached hydrogens (tertiary/aromatic N) is 1. The summed E-state index contributed by atoms with van der Waals surface area (Å²) < 4.78 is 7.50. The number of hydrogen-bond donors (Lipinski definition) is 0. The standard InChI is InChI=1S/C9H12BrNO2/c1-7(13-2)6-11-8(10)4-3-5-9(11)12/h3-5,7H,6H2,1-2H3. The minimum Gasteiger partial charge on any atom is -0.380 e. The van der Waals surface area contributed by atoms with Gasteiger partial charge in [-0.25, -0.2) is 0 Å². The van der Waals surface area contributed by atoms with Crippen molar-refractivity contribution < 1.29 is 4.74 Å². The van der Waals surface area contributed by atoms with Crippen molar-refractivity contribution in [3.8, 4) is 0 Å². The zero-order chi connectivity index (χ0) is 9.84. The number of halogens is 1. The molecular formula is C9H12BrNO2. The van der Waals surface area contributed by atoms with Crippen molar-refractivity contribution in [2.24, 2.45) is 0 Å². The van der Waals surface area contributed by atoms with Gasteiger partial charge in [0.05, 0.1) is 17.3 Å². The molecule has 0 aliphatic rings. The van der Waals surface area contributed by atoms with E-state index in [1.807, 2.05) is 13.0 Å². The van der Waals surface area contributed by atoms with Crippen LogP contribution in [0.2, 0.25) is 0 Å². The molecule has 3 nitrogen and oxygen atoms in total. The number of rotatable bonds is 3. The Morgan fingerprint density at radius 3 is 2.85 bits per heavy atom. The Morgan fingerprint density at radius 1 is 1.62 bits per heavy atom. The van der Waals surface area contributed by atoms with Crippen molar-refractivity contribution in [1.29, 1.82) is 0 Å². The van der Waals surface area contributed by atoms with Gasteiger partial charge in [0.2, 0.25) is 0 Å². The van der Waals surface area contributed by atoms with Crippen LogP contribution in [0.25, 0.3) is 0 Å². The molecule has 1 unspecified atom stereocenters. The summed E-state index contributed by atoms with van der Waals surface area (Å²) in [6, 6.07) is 5.09. The summed E-state index contributed by atoms with van der Waals surface area (Å²) in [6.07, 6.45) is 0.0383. The predicted octanol–water partition coefficient (Wildman–Crippen LogP) is 1.65. The first-order valence-electron chi connectivity index (χ1n) is 4.03. The SMILES string of the molecule is COC(C)Cn1c(Br)cccc1=O. The Labute approximate surface area is 85.5 Å². The molecular weight excluding hydrogens is 234 g/mol. The molecule has 1 aromatic rings. The molecule has 0 fully saturated rings. The van der Waals surface area contributed by atoms with Gasteiger partial charge in [0.15, 0.2) is 0 Å². The van der Waals surface area contributed by atoms with Crippen molar-refractivity contribution >= 4 is 15.9 Å². The van der Waals surface area contributed by atoms with E-state index in [0.29, 0.717) is 6.54 Å². The van der Waals surface area contributed by atoms with Gasteiger partial charge in [-0.15, -0.1) is 0 Å². The lowest BCUT2D eigenvalue weighted by Gasteiger charge is -2.12. The number of hydrogen-bond acceptors (Lipinski definition) is 2. The molecule has 13 heavy (non-hydrogen) atoms. The van der Waals surface area contributed by atoms with Crippen molar-refractivity contribution in [1.82, 2.24) is 4.57 Å². The zero-order valence-electron chi connectivity index (χ0n) is 7.66. The number of methoxy groups -OCH3 is 1. The third-order valence-corrected chi connectivity index (χ3v) is 2.53. The molecule has 0 radical (unpaired) electrons. The van der Waals surface area contributed by atoms with E-state index >= 15 is 0 Å². The van der Waals surface area contributed by atoms with E-state index in [1.165, 1.54) is 6.07 Å². The smallest absolute Gasteiger partial charge is 0.251 e. The second-order valence-corrected chi connectivity index (χ2v) is 3.66. The van der Waals surface area contributed by atoms with Crippen LogP contribution in [0.15, 0.2) is 27.6 Å². The molecule has 0 bridgehead atoms. The van der Waals surface area contributed by atoms with Crippen LogP contribution >= 0.6 is 15.9 Å². The van der Waals surface area contributed by atoms with Crippen LogP contribution in [0, 0.1) is 0 Å². The monoisotopic (exact) mass is 245 g/mol. The van der Waals surface area contributed by atoms with Gasteiger partial charge in [0.1, 0.15) is 0 Å². The molecule has 4 heteroatoms. The van der Waals surface area contributed by atoms with Crippen LogP contribution in [0.4, 0.5) is 0 Å². The van der Waals surface area contributed by atoms with E-state index in [0.717, 1.165) is 4.60 Å². The van der Waals surface area contributed by atoms with E-state index in [1.54, 1.807) is 17.7 Å². The molecule has 0 spiro atoms. The summed E-state index contributed by atoms with van der Waals surface area (Å²) >= 11 is 3.31. The van der Waals surface area contributed by atoms with Gasteiger partial charge < -0.3 is 9.30 Å². The second kappa shape index (κ2) is 4.58. The molecule has 72 valence electrons. The van der Waals surface area contributed by atoms with Crippen LogP contribution < -0.4 is 5.56 Å². The maximum absolute atomic E-state index is 11.4. The minimum atomic E-state index is -0.0155. The molecule has 0 N–H and O–H groups in total. The van der Waals surface area contributed by atoms with Gasteiger partial charge in [-0.3, -0.25) is 4.79 Å². The van der Waals surface area contributed by atoms with Crippen molar-refractivity contribution in [3.63, 3.8) is 0 Å². The minimum absolute atomic E-state index is 0.0155. The van der Waals surface area contributed by atoms with Gasteiger partial charge >= 0.3 is 0 Å². The van der Waals surface area contributed by atoms with Crippen LogP contribution in [0.1, 0.15) is 6.92 Å². The van der Waals surface area contributed by atoms with E-state index in [9.17, 15) is 4.79 Å². The Hall–Kier alpha value is -0.610. The fourth-order valence-electron chi connectivity index (χ4n) is 1.00. The van der Waals surface area contributed by atoms with Crippen molar-refractivity contribution in [3.05, 3.63) is 33.2 Å². The normalized spacial score (nSPS) is 12.8. The molecule has 1 atom stereocenters. The highest BCUT2D eigenvalue weighted by Gasteiger charge is 2.04. The predicted molar refractivity (Wildman–Crippen MR) is 54.9 cm³/mol. The van der Waals surface area contributed by atoms with E-state index in [4.69, 9.17) is 4.74 Å². The lowest BCUT2D eigenvalue weighted by atomic mass is 10.4. The fraction of sp³-hybridized carbons (Fsp3) is 0.444. The van der Waals surface area contributed by atoms with Gasteiger partial charge in [0, 0.05) is 13.2 Å². The first-order valence-corrected chi connectivity index (χ1v) is 4.82. The highest BCUT2D eigenvalue weighted by Crippen LogP contribution is 2.07. The molecule has 0 aromatic carbocycles. The van der Waals surface area contributed by atoms with Gasteiger partial charge in [-0.2, -0.15) is 0 Å².